The van der Waals surface area contributed by atoms with Gasteiger partial charge in [0.2, 0.25) is 0 Å². The van der Waals surface area contributed by atoms with Gasteiger partial charge in [0, 0.05) is 12.0 Å². The summed E-state index contributed by atoms with van der Waals surface area (Å²) in [4.78, 5) is 23.3. The highest BCUT2D eigenvalue weighted by Crippen LogP contribution is 2.18. The van der Waals surface area contributed by atoms with Gasteiger partial charge in [0.05, 0.1) is 0 Å². The van der Waals surface area contributed by atoms with E-state index in [9.17, 15) is 9.59 Å². The van der Waals surface area contributed by atoms with Crippen molar-refractivity contribution in [2.45, 2.75) is 45.3 Å². The highest BCUT2D eigenvalue weighted by Gasteiger charge is 2.06. The Morgan fingerprint density at radius 3 is 2.76 bits per heavy atom. The van der Waals surface area contributed by atoms with E-state index >= 15 is 0 Å². The first kappa shape index (κ1) is 18.5. The molecule has 1 aromatic carbocycles. The van der Waals surface area contributed by atoms with Gasteiger partial charge >= 0.3 is 11.9 Å². The molecule has 4 nitrogen and oxygen atoms in total. The van der Waals surface area contributed by atoms with E-state index in [1.54, 1.807) is 13.0 Å². The van der Waals surface area contributed by atoms with Crippen LogP contribution in [0, 0.1) is 11.8 Å². The van der Waals surface area contributed by atoms with Gasteiger partial charge in [-0.3, -0.25) is 0 Å². The maximum Gasteiger partial charge on any atom is 0.384 e. The van der Waals surface area contributed by atoms with Crippen molar-refractivity contribution in [1.29, 1.82) is 0 Å². The average Bonchev–Trinajstić information content (AvgIpc) is 2.65. The van der Waals surface area contributed by atoms with E-state index in [-0.39, 0.29) is 6.61 Å². The summed E-state index contributed by atoms with van der Waals surface area (Å²) in [5, 5.41) is 0. The van der Waals surface area contributed by atoms with E-state index in [1.165, 1.54) is 12.5 Å². The maximum absolute atomic E-state index is 11.7. The Bertz CT molecular complexity index is 704. The van der Waals surface area contributed by atoms with Crippen LogP contribution in [-0.2, 0) is 25.7 Å². The summed E-state index contributed by atoms with van der Waals surface area (Å²) in [6, 6.07) is 9.35. The molecule has 0 aliphatic heterocycles. The monoisotopic (exact) mass is 338 g/mol. The third kappa shape index (κ3) is 7.54. The number of hydrogen-bond donors (Lipinski definition) is 0. The lowest BCUT2D eigenvalue weighted by Crippen LogP contribution is -2.12. The summed E-state index contributed by atoms with van der Waals surface area (Å²) >= 11 is 0. The molecule has 0 amide bonds. The topological polar surface area (TPSA) is 52.6 Å². The molecule has 1 unspecified atom stereocenters. The normalized spacial score (nSPS) is 14.8. The van der Waals surface area contributed by atoms with E-state index in [0.29, 0.717) is 0 Å². The predicted octanol–water partition coefficient (Wildman–Crippen LogP) is 3.72. The van der Waals surface area contributed by atoms with Crippen LogP contribution < -0.4 is 0 Å². The van der Waals surface area contributed by atoms with Crippen LogP contribution in [0.15, 0.2) is 54.1 Å². The molecule has 0 saturated heterocycles. The number of hydrogen-bond acceptors (Lipinski definition) is 4. The Labute approximate surface area is 148 Å². The second-order valence-corrected chi connectivity index (χ2v) is 5.77. The van der Waals surface area contributed by atoms with E-state index < -0.39 is 18.0 Å². The van der Waals surface area contributed by atoms with Crippen molar-refractivity contribution in [3.05, 3.63) is 59.7 Å². The van der Waals surface area contributed by atoms with Crippen molar-refractivity contribution in [3.63, 3.8) is 0 Å². The molecule has 25 heavy (non-hydrogen) atoms. The van der Waals surface area contributed by atoms with E-state index in [4.69, 9.17) is 9.47 Å². The molecule has 0 radical (unpaired) electrons. The lowest BCUT2D eigenvalue weighted by molar-refractivity contribution is -0.140. The summed E-state index contributed by atoms with van der Waals surface area (Å²) in [6.07, 6.45) is 9.06. The van der Waals surface area contributed by atoms with Crippen molar-refractivity contribution in [2.75, 3.05) is 0 Å². The van der Waals surface area contributed by atoms with Gasteiger partial charge in [0.15, 0.2) is 6.10 Å². The SMILES string of the molecule is CC(C#CC(=O)OCc1ccccc1)OC(=O)/C=C/C1=CCCCC1. The Hall–Kier alpha value is -2.80. The quantitative estimate of drug-likeness (QED) is 0.355. The Morgan fingerprint density at radius 2 is 2.04 bits per heavy atom. The molecule has 0 fully saturated rings. The Morgan fingerprint density at radius 1 is 1.24 bits per heavy atom. The van der Waals surface area contributed by atoms with Crippen LogP contribution in [0.3, 0.4) is 0 Å². The standard InChI is InChI=1S/C21H22O4/c1-17(25-21(23)15-13-18-8-4-2-5-9-18)12-14-20(22)24-16-19-10-6-3-7-11-19/h3,6-8,10-11,13,15,17H,2,4-5,9,16H2,1H3/b15-13+. The van der Waals surface area contributed by atoms with Crippen LogP contribution >= 0.6 is 0 Å². The fourth-order valence-corrected chi connectivity index (χ4v) is 2.35. The minimum atomic E-state index is -0.679. The van der Waals surface area contributed by atoms with Gasteiger partial charge in [-0.2, -0.15) is 0 Å². The Kier molecular flexibility index (Phi) is 7.52. The van der Waals surface area contributed by atoms with E-state index in [2.05, 4.69) is 17.9 Å². The first-order valence-corrected chi connectivity index (χ1v) is 8.43. The summed E-state index contributed by atoms with van der Waals surface area (Å²) in [7, 11) is 0. The number of carbonyl (C=O) groups is 2. The first-order chi connectivity index (χ1) is 12.1. The van der Waals surface area contributed by atoms with E-state index in [1.807, 2.05) is 30.3 Å². The molecule has 0 spiro atoms. The second kappa shape index (κ2) is 10.1. The first-order valence-electron chi connectivity index (χ1n) is 8.43. The lowest BCUT2D eigenvalue weighted by Gasteiger charge is -2.08. The van der Waals surface area contributed by atoms with Crippen LogP contribution in [0.25, 0.3) is 0 Å². The second-order valence-electron chi connectivity index (χ2n) is 5.77. The molecule has 1 atom stereocenters. The molecular weight excluding hydrogens is 316 g/mol. The Balaban J connectivity index is 1.73. The minimum absolute atomic E-state index is 0.167. The number of ether oxygens (including phenoxy) is 2. The van der Waals surface area contributed by atoms with Gasteiger partial charge in [-0.15, -0.1) is 0 Å². The largest absolute Gasteiger partial charge is 0.451 e. The van der Waals surface area contributed by atoms with Crippen molar-refractivity contribution < 1.29 is 19.1 Å². The van der Waals surface area contributed by atoms with Crippen LogP contribution in [0.2, 0.25) is 0 Å². The van der Waals surface area contributed by atoms with Crippen molar-refractivity contribution in [1.82, 2.24) is 0 Å². The van der Waals surface area contributed by atoms with Crippen LogP contribution in [0.4, 0.5) is 0 Å². The zero-order valence-corrected chi connectivity index (χ0v) is 14.4. The molecule has 130 valence electrons. The van der Waals surface area contributed by atoms with Crippen molar-refractivity contribution in [3.8, 4) is 11.8 Å². The number of esters is 2. The smallest absolute Gasteiger partial charge is 0.384 e. The van der Waals surface area contributed by atoms with Crippen molar-refractivity contribution in [2.24, 2.45) is 0 Å². The highest BCUT2D eigenvalue weighted by molar-refractivity contribution is 5.88. The van der Waals surface area contributed by atoms with Gasteiger partial charge in [-0.25, -0.2) is 9.59 Å². The molecule has 0 heterocycles. The van der Waals surface area contributed by atoms with Crippen molar-refractivity contribution >= 4 is 11.9 Å². The fourth-order valence-electron chi connectivity index (χ4n) is 2.35. The number of benzene rings is 1. The molecule has 1 aliphatic carbocycles. The highest BCUT2D eigenvalue weighted by atomic mass is 16.5. The zero-order chi connectivity index (χ0) is 17.9. The maximum atomic E-state index is 11.7. The molecular formula is C21H22O4. The third-order valence-corrected chi connectivity index (χ3v) is 3.64. The molecule has 1 aromatic rings. The van der Waals surface area contributed by atoms with Gasteiger partial charge < -0.3 is 9.47 Å². The molecule has 0 bridgehead atoms. The van der Waals surface area contributed by atoms with Gasteiger partial charge in [-0.1, -0.05) is 48.1 Å². The van der Waals surface area contributed by atoms with E-state index in [0.717, 1.165) is 30.4 Å². The summed E-state index contributed by atoms with van der Waals surface area (Å²) in [6.45, 7) is 1.78. The lowest BCUT2D eigenvalue weighted by atomic mass is 9.99. The summed E-state index contributed by atoms with van der Waals surface area (Å²) in [5.41, 5.74) is 2.05. The minimum Gasteiger partial charge on any atom is -0.451 e. The predicted molar refractivity (Wildman–Crippen MR) is 95.3 cm³/mol. The third-order valence-electron chi connectivity index (χ3n) is 3.64. The van der Waals surface area contributed by atoms with Crippen LogP contribution in [0.1, 0.15) is 38.2 Å². The number of carbonyl (C=O) groups excluding carboxylic acids is 2. The molecule has 0 N–H and O–H groups in total. The van der Waals surface area contributed by atoms with Gasteiger partial charge in [-0.05, 0) is 44.1 Å². The summed E-state index contributed by atoms with van der Waals surface area (Å²) < 4.78 is 10.2. The molecule has 2 rings (SSSR count). The number of allylic oxidation sites excluding steroid dienone is 3. The van der Waals surface area contributed by atoms with Gasteiger partial charge in [0.25, 0.3) is 0 Å². The zero-order valence-electron chi connectivity index (χ0n) is 14.4. The molecule has 0 saturated carbocycles. The molecule has 4 heteroatoms. The summed E-state index contributed by atoms with van der Waals surface area (Å²) in [5.74, 6) is 3.80. The van der Waals surface area contributed by atoms with Gasteiger partial charge in [0.1, 0.15) is 6.61 Å². The number of rotatable bonds is 5. The molecule has 1 aliphatic rings. The molecule has 0 aromatic heterocycles. The fraction of sp³-hybridized carbons (Fsp3) is 0.333. The average molecular weight is 338 g/mol. The van der Waals surface area contributed by atoms with Crippen LogP contribution in [-0.4, -0.2) is 18.0 Å². The van der Waals surface area contributed by atoms with Crippen LogP contribution in [0.5, 0.6) is 0 Å².